The first-order valence-electron chi connectivity index (χ1n) is 10.8. The van der Waals surface area contributed by atoms with Crippen molar-refractivity contribution in [3.05, 3.63) is 105 Å². The van der Waals surface area contributed by atoms with E-state index in [4.69, 9.17) is 44.3 Å². The second kappa shape index (κ2) is 11.4. The zero-order chi connectivity index (χ0) is 25.7. The predicted octanol–water partition coefficient (Wildman–Crippen LogP) is 6.94. The van der Waals surface area contributed by atoms with Crippen LogP contribution < -0.4 is 14.9 Å². The average molecular weight is 542 g/mol. The SMILES string of the molecule is C[C@H](Oc1ccc(Cl)cc1Cl)C(=O)N/N=C\c1c(OC(=O)c2ccccc2Cl)ccc2ccccc12. The predicted molar refractivity (Wildman–Crippen MR) is 143 cm³/mol. The number of carbonyl (C=O) groups is 2. The van der Waals surface area contributed by atoms with Crippen LogP contribution in [0.2, 0.25) is 15.1 Å². The first kappa shape index (κ1) is 25.5. The third-order valence-electron chi connectivity index (χ3n) is 5.16. The molecule has 0 spiro atoms. The van der Waals surface area contributed by atoms with Crippen LogP contribution in [-0.2, 0) is 4.79 Å². The number of hydrazone groups is 1. The fourth-order valence-electron chi connectivity index (χ4n) is 3.35. The molecule has 182 valence electrons. The number of fused-ring (bicyclic) bond motifs is 1. The van der Waals surface area contributed by atoms with Gasteiger partial charge in [-0.15, -0.1) is 0 Å². The molecule has 0 radical (unpaired) electrons. The molecule has 1 atom stereocenters. The molecule has 0 saturated carbocycles. The van der Waals surface area contributed by atoms with Crippen LogP contribution in [0.1, 0.15) is 22.8 Å². The molecule has 0 aliphatic rings. The molecule has 6 nitrogen and oxygen atoms in total. The summed E-state index contributed by atoms with van der Waals surface area (Å²) in [5, 5.41) is 6.76. The average Bonchev–Trinajstić information content (AvgIpc) is 2.86. The van der Waals surface area contributed by atoms with E-state index < -0.39 is 18.0 Å². The van der Waals surface area contributed by atoms with Crippen molar-refractivity contribution in [1.82, 2.24) is 5.43 Å². The topological polar surface area (TPSA) is 77.0 Å². The summed E-state index contributed by atoms with van der Waals surface area (Å²) in [6.45, 7) is 1.56. The van der Waals surface area contributed by atoms with Gasteiger partial charge < -0.3 is 9.47 Å². The van der Waals surface area contributed by atoms with E-state index in [1.54, 1.807) is 49.4 Å². The molecule has 4 aromatic rings. The molecule has 1 amide bonds. The van der Waals surface area contributed by atoms with Crippen molar-refractivity contribution < 1.29 is 19.1 Å². The summed E-state index contributed by atoms with van der Waals surface area (Å²) in [7, 11) is 0. The molecule has 9 heteroatoms. The summed E-state index contributed by atoms with van der Waals surface area (Å²) in [6, 6.07) is 22.3. The number of hydrogen-bond donors (Lipinski definition) is 1. The lowest BCUT2D eigenvalue weighted by Crippen LogP contribution is -2.33. The summed E-state index contributed by atoms with van der Waals surface area (Å²) in [5.41, 5.74) is 3.18. The number of hydrogen-bond acceptors (Lipinski definition) is 5. The van der Waals surface area contributed by atoms with Crippen LogP contribution in [0.5, 0.6) is 11.5 Å². The molecule has 4 rings (SSSR count). The molecule has 0 unspecified atom stereocenters. The van der Waals surface area contributed by atoms with E-state index in [9.17, 15) is 9.59 Å². The van der Waals surface area contributed by atoms with E-state index in [2.05, 4.69) is 10.5 Å². The van der Waals surface area contributed by atoms with E-state index in [-0.39, 0.29) is 21.4 Å². The van der Waals surface area contributed by atoms with Crippen LogP contribution in [0.3, 0.4) is 0 Å². The third-order valence-corrected chi connectivity index (χ3v) is 6.02. The highest BCUT2D eigenvalue weighted by Gasteiger charge is 2.18. The number of carbonyl (C=O) groups excluding carboxylic acids is 2. The van der Waals surface area contributed by atoms with Crippen molar-refractivity contribution >= 4 is 63.7 Å². The number of halogens is 3. The molecule has 0 aliphatic carbocycles. The summed E-state index contributed by atoms with van der Waals surface area (Å²) in [4.78, 5) is 25.3. The quantitative estimate of drug-likeness (QED) is 0.119. The van der Waals surface area contributed by atoms with Crippen LogP contribution in [0.15, 0.2) is 84.0 Å². The first-order valence-corrected chi connectivity index (χ1v) is 11.9. The van der Waals surface area contributed by atoms with Gasteiger partial charge >= 0.3 is 5.97 Å². The summed E-state index contributed by atoms with van der Waals surface area (Å²) in [6.07, 6.45) is 0.517. The Morgan fingerprint density at radius 3 is 2.39 bits per heavy atom. The van der Waals surface area contributed by atoms with Gasteiger partial charge in [-0.05, 0) is 54.1 Å². The van der Waals surface area contributed by atoms with Gasteiger partial charge in [0.05, 0.1) is 21.8 Å². The molecule has 36 heavy (non-hydrogen) atoms. The van der Waals surface area contributed by atoms with Crippen molar-refractivity contribution in [2.24, 2.45) is 5.10 Å². The van der Waals surface area contributed by atoms with Crippen LogP contribution in [0, 0.1) is 0 Å². The minimum absolute atomic E-state index is 0.232. The van der Waals surface area contributed by atoms with Crippen molar-refractivity contribution in [1.29, 1.82) is 0 Å². The minimum atomic E-state index is -0.897. The maximum Gasteiger partial charge on any atom is 0.345 e. The number of rotatable bonds is 7. The Hall–Kier alpha value is -3.58. The lowest BCUT2D eigenvalue weighted by Gasteiger charge is -2.14. The number of amides is 1. The zero-order valence-corrected chi connectivity index (χ0v) is 21.1. The van der Waals surface area contributed by atoms with E-state index in [1.165, 1.54) is 12.3 Å². The Bertz CT molecular complexity index is 1470. The smallest absolute Gasteiger partial charge is 0.345 e. The highest BCUT2D eigenvalue weighted by molar-refractivity contribution is 6.35. The summed E-state index contributed by atoms with van der Waals surface area (Å²) in [5.74, 6) is -0.548. The molecular formula is C27H19Cl3N2O4. The van der Waals surface area contributed by atoms with E-state index in [0.717, 1.165) is 10.8 Å². The highest BCUT2D eigenvalue weighted by Crippen LogP contribution is 2.29. The van der Waals surface area contributed by atoms with Gasteiger partial charge in [-0.2, -0.15) is 5.10 Å². The van der Waals surface area contributed by atoms with Gasteiger partial charge in [0.25, 0.3) is 5.91 Å². The van der Waals surface area contributed by atoms with E-state index >= 15 is 0 Å². The fraction of sp³-hybridized carbons (Fsp3) is 0.0741. The molecule has 4 aromatic carbocycles. The number of benzene rings is 4. The van der Waals surface area contributed by atoms with Crippen LogP contribution in [0.25, 0.3) is 10.8 Å². The standard InChI is InChI=1S/C27H19Cl3N2O4/c1-16(35-25-13-11-18(28)14-23(25)30)26(33)32-31-15-21-19-7-3-2-6-17(19)10-12-24(21)36-27(34)20-8-4-5-9-22(20)29/h2-16H,1H3,(H,32,33)/b31-15-/t16-/m0/s1. The second-order valence-corrected chi connectivity index (χ2v) is 8.89. The van der Waals surface area contributed by atoms with Gasteiger partial charge in [0.15, 0.2) is 6.10 Å². The van der Waals surface area contributed by atoms with Crippen molar-refractivity contribution in [3.63, 3.8) is 0 Å². The first-order chi connectivity index (χ1) is 17.3. The lowest BCUT2D eigenvalue weighted by atomic mass is 10.0. The van der Waals surface area contributed by atoms with E-state index in [1.807, 2.05) is 30.3 Å². The Balaban J connectivity index is 1.54. The van der Waals surface area contributed by atoms with Crippen molar-refractivity contribution in [2.45, 2.75) is 13.0 Å². The number of nitrogens with zero attached hydrogens (tertiary/aromatic N) is 1. The largest absolute Gasteiger partial charge is 0.479 e. The van der Waals surface area contributed by atoms with Crippen LogP contribution in [0.4, 0.5) is 0 Å². The third kappa shape index (κ3) is 5.97. The highest BCUT2D eigenvalue weighted by atomic mass is 35.5. The summed E-state index contributed by atoms with van der Waals surface area (Å²) >= 11 is 18.1. The molecule has 0 heterocycles. The van der Waals surface area contributed by atoms with Gasteiger partial charge in [-0.25, -0.2) is 10.2 Å². The van der Waals surface area contributed by atoms with Crippen LogP contribution >= 0.6 is 34.8 Å². The maximum atomic E-state index is 12.8. The monoisotopic (exact) mass is 540 g/mol. The molecule has 1 N–H and O–H groups in total. The van der Waals surface area contributed by atoms with Gasteiger partial charge in [-0.1, -0.05) is 77.3 Å². The number of ether oxygens (including phenoxy) is 2. The second-order valence-electron chi connectivity index (χ2n) is 7.64. The Morgan fingerprint density at radius 1 is 0.889 bits per heavy atom. The van der Waals surface area contributed by atoms with E-state index in [0.29, 0.717) is 16.3 Å². The van der Waals surface area contributed by atoms with Crippen LogP contribution in [-0.4, -0.2) is 24.2 Å². The molecular weight excluding hydrogens is 523 g/mol. The normalized spacial score (nSPS) is 11.9. The van der Waals surface area contributed by atoms with Crippen molar-refractivity contribution in [2.75, 3.05) is 0 Å². The Morgan fingerprint density at radius 2 is 1.61 bits per heavy atom. The Kier molecular flexibility index (Phi) is 8.10. The Labute approximate surface area is 222 Å². The number of nitrogens with one attached hydrogen (secondary N) is 1. The van der Waals surface area contributed by atoms with Gasteiger partial charge in [-0.3, -0.25) is 4.79 Å². The van der Waals surface area contributed by atoms with Gasteiger partial charge in [0.1, 0.15) is 11.5 Å². The molecule has 0 saturated heterocycles. The van der Waals surface area contributed by atoms with Gasteiger partial charge in [0, 0.05) is 10.6 Å². The molecule has 0 fully saturated rings. The number of esters is 1. The minimum Gasteiger partial charge on any atom is -0.479 e. The zero-order valence-electron chi connectivity index (χ0n) is 18.9. The van der Waals surface area contributed by atoms with Crippen molar-refractivity contribution in [3.8, 4) is 11.5 Å². The van der Waals surface area contributed by atoms with Gasteiger partial charge in [0.2, 0.25) is 0 Å². The molecule has 0 aliphatic heterocycles. The maximum absolute atomic E-state index is 12.8. The summed E-state index contributed by atoms with van der Waals surface area (Å²) < 4.78 is 11.3. The lowest BCUT2D eigenvalue weighted by molar-refractivity contribution is -0.127. The molecule has 0 aromatic heterocycles. The molecule has 0 bridgehead atoms. The fourth-order valence-corrected chi connectivity index (χ4v) is 4.01.